The lowest BCUT2D eigenvalue weighted by molar-refractivity contribution is 0.0560. The Morgan fingerprint density at radius 1 is 1.35 bits per heavy atom. The van der Waals surface area contributed by atoms with Gasteiger partial charge in [0.1, 0.15) is 5.75 Å². The molecule has 0 bridgehead atoms. The van der Waals surface area contributed by atoms with Gasteiger partial charge in [-0.1, -0.05) is 11.6 Å². The van der Waals surface area contributed by atoms with Gasteiger partial charge in [0.2, 0.25) is 0 Å². The Balaban J connectivity index is 0.00000242. The van der Waals surface area contributed by atoms with Crippen molar-refractivity contribution in [2.24, 2.45) is 5.92 Å². The molecule has 0 aliphatic carbocycles. The van der Waals surface area contributed by atoms with Crippen molar-refractivity contribution >= 4 is 36.4 Å². The summed E-state index contributed by atoms with van der Waals surface area (Å²) in [5.74, 6) is 1.23. The Morgan fingerprint density at radius 2 is 2.00 bits per heavy atom. The topological polar surface area (TPSA) is 44.7 Å². The van der Waals surface area contributed by atoms with Gasteiger partial charge in [0, 0.05) is 23.7 Å². The molecule has 1 aliphatic heterocycles. The number of likely N-dealkylation sites (N-methyl/N-ethyl adjacent to an activating group) is 1. The first-order valence-corrected chi connectivity index (χ1v) is 7.87. The molecule has 0 saturated carbocycles. The average Bonchev–Trinajstić information content (AvgIpc) is 2.48. The van der Waals surface area contributed by atoms with Crippen LogP contribution in [0.25, 0.3) is 0 Å². The van der Waals surface area contributed by atoms with Crippen molar-refractivity contribution in [3.63, 3.8) is 0 Å². The standard InChI is InChI=1S/C16H25ClN2O2.2ClH/c1-19(11-15(20)12-5-7-18-8-6-12)10-13-9-14(17)3-4-16(13)21-2;;/h3-4,9,12,15,18,20H,5-8,10-11H2,1-2H3;2*1H. The van der Waals surface area contributed by atoms with Crippen molar-refractivity contribution in [2.45, 2.75) is 25.5 Å². The molecule has 2 N–H and O–H groups in total. The highest BCUT2D eigenvalue weighted by Crippen LogP contribution is 2.24. The third-order valence-corrected chi connectivity index (χ3v) is 4.34. The van der Waals surface area contributed by atoms with Gasteiger partial charge in [-0.25, -0.2) is 0 Å². The molecule has 134 valence electrons. The van der Waals surface area contributed by atoms with Crippen molar-refractivity contribution in [2.75, 3.05) is 33.8 Å². The average molecular weight is 386 g/mol. The minimum atomic E-state index is -0.276. The molecule has 23 heavy (non-hydrogen) atoms. The molecule has 0 aromatic heterocycles. The number of benzene rings is 1. The van der Waals surface area contributed by atoms with Crippen LogP contribution in [0.5, 0.6) is 5.75 Å². The number of nitrogens with zero attached hydrogens (tertiary/aromatic N) is 1. The van der Waals surface area contributed by atoms with Crippen LogP contribution >= 0.6 is 36.4 Å². The fraction of sp³-hybridized carbons (Fsp3) is 0.625. The molecule has 0 amide bonds. The highest BCUT2D eigenvalue weighted by atomic mass is 35.5. The first kappa shape index (κ1) is 22.8. The number of aliphatic hydroxyl groups is 1. The summed E-state index contributed by atoms with van der Waals surface area (Å²) in [6, 6.07) is 5.64. The van der Waals surface area contributed by atoms with E-state index in [1.54, 1.807) is 7.11 Å². The van der Waals surface area contributed by atoms with Crippen LogP contribution in [-0.2, 0) is 6.54 Å². The largest absolute Gasteiger partial charge is 0.496 e. The van der Waals surface area contributed by atoms with E-state index in [1.165, 1.54) is 0 Å². The van der Waals surface area contributed by atoms with Crippen molar-refractivity contribution in [1.82, 2.24) is 10.2 Å². The summed E-state index contributed by atoms with van der Waals surface area (Å²) in [7, 11) is 3.68. The molecular weight excluding hydrogens is 359 g/mol. The summed E-state index contributed by atoms with van der Waals surface area (Å²) in [5.41, 5.74) is 1.05. The number of methoxy groups -OCH3 is 1. The van der Waals surface area contributed by atoms with Gasteiger partial charge in [-0.3, -0.25) is 4.90 Å². The highest BCUT2D eigenvalue weighted by molar-refractivity contribution is 6.30. The summed E-state index contributed by atoms with van der Waals surface area (Å²) in [4.78, 5) is 2.13. The number of halogens is 3. The van der Waals surface area contributed by atoms with E-state index in [-0.39, 0.29) is 30.9 Å². The summed E-state index contributed by atoms with van der Waals surface area (Å²) in [5, 5.41) is 14.4. The van der Waals surface area contributed by atoms with Crippen LogP contribution in [0.2, 0.25) is 5.02 Å². The van der Waals surface area contributed by atoms with E-state index in [0.717, 1.165) is 37.2 Å². The van der Waals surface area contributed by atoms with Gasteiger partial charge in [0.15, 0.2) is 0 Å². The smallest absolute Gasteiger partial charge is 0.123 e. The number of aliphatic hydroxyl groups excluding tert-OH is 1. The van der Waals surface area contributed by atoms with E-state index >= 15 is 0 Å². The van der Waals surface area contributed by atoms with Crippen LogP contribution in [0.15, 0.2) is 18.2 Å². The van der Waals surface area contributed by atoms with Gasteiger partial charge in [0.25, 0.3) is 0 Å². The molecule has 0 spiro atoms. The second kappa shape index (κ2) is 11.3. The molecule has 7 heteroatoms. The maximum Gasteiger partial charge on any atom is 0.123 e. The van der Waals surface area contributed by atoms with Crippen molar-refractivity contribution in [3.8, 4) is 5.75 Å². The van der Waals surface area contributed by atoms with Gasteiger partial charge >= 0.3 is 0 Å². The fourth-order valence-corrected chi connectivity index (χ4v) is 3.12. The van der Waals surface area contributed by atoms with E-state index < -0.39 is 0 Å². The zero-order chi connectivity index (χ0) is 15.2. The van der Waals surface area contributed by atoms with Crippen LogP contribution in [0.4, 0.5) is 0 Å². The molecule has 1 saturated heterocycles. The Hall–Kier alpha value is -0.230. The Kier molecular flexibility index (Phi) is 11.2. The van der Waals surface area contributed by atoms with Gasteiger partial charge in [0.05, 0.1) is 13.2 Å². The van der Waals surface area contributed by atoms with Crippen molar-refractivity contribution in [1.29, 1.82) is 0 Å². The molecule has 1 heterocycles. The predicted molar refractivity (Wildman–Crippen MR) is 100 cm³/mol. The van der Waals surface area contributed by atoms with Crippen molar-refractivity contribution < 1.29 is 9.84 Å². The molecule has 1 aromatic carbocycles. The normalized spacial score (nSPS) is 16.4. The SMILES string of the molecule is COc1ccc(Cl)cc1CN(C)CC(O)C1CCNCC1.Cl.Cl. The molecule has 1 fully saturated rings. The van der Waals surface area contributed by atoms with Gasteiger partial charge in [-0.15, -0.1) is 24.8 Å². The molecule has 1 aliphatic rings. The maximum atomic E-state index is 10.4. The third-order valence-electron chi connectivity index (χ3n) is 4.11. The second-order valence-electron chi connectivity index (χ2n) is 5.81. The summed E-state index contributed by atoms with van der Waals surface area (Å²) >= 11 is 6.05. The van der Waals surface area contributed by atoms with E-state index in [2.05, 4.69) is 10.2 Å². The molecule has 1 atom stereocenters. The number of rotatable bonds is 6. The van der Waals surface area contributed by atoms with E-state index in [4.69, 9.17) is 16.3 Å². The Bertz CT molecular complexity index is 457. The second-order valence-corrected chi connectivity index (χ2v) is 6.24. The van der Waals surface area contributed by atoms with Crippen LogP contribution in [-0.4, -0.2) is 49.9 Å². The van der Waals surface area contributed by atoms with Crippen LogP contribution < -0.4 is 10.1 Å². The number of ether oxygens (including phenoxy) is 1. The monoisotopic (exact) mass is 384 g/mol. The van der Waals surface area contributed by atoms with E-state index in [1.807, 2.05) is 25.2 Å². The molecule has 0 radical (unpaired) electrons. The summed E-state index contributed by atoms with van der Waals surface area (Å²) in [6.07, 6.45) is 1.83. The third kappa shape index (κ3) is 7.04. The number of nitrogens with one attached hydrogen (secondary N) is 1. The van der Waals surface area contributed by atoms with Crippen molar-refractivity contribution in [3.05, 3.63) is 28.8 Å². The highest BCUT2D eigenvalue weighted by Gasteiger charge is 2.22. The first-order valence-electron chi connectivity index (χ1n) is 7.50. The molecule has 4 nitrogen and oxygen atoms in total. The minimum Gasteiger partial charge on any atom is -0.496 e. The Labute approximate surface area is 156 Å². The number of hydrogen-bond acceptors (Lipinski definition) is 4. The lowest BCUT2D eigenvalue weighted by Crippen LogP contribution is -2.39. The summed E-state index contributed by atoms with van der Waals surface area (Å²) in [6.45, 7) is 3.40. The van der Waals surface area contributed by atoms with E-state index in [0.29, 0.717) is 24.0 Å². The van der Waals surface area contributed by atoms with Gasteiger partial charge in [-0.2, -0.15) is 0 Å². The first-order chi connectivity index (χ1) is 10.1. The minimum absolute atomic E-state index is 0. The molecule has 2 rings (SSSR count). The Morgan fingerprint density at radius 3 is 2.61 bits per heavy atom. The molecule has 1 aromatic rings. The lowest BCUT2D eigenvalue weighted by Gasteiger charge is -2.30. The van der Waals surface area contributed by atoms with Crippen LogP contribution in [0, 0.1) is 5.92 Å². The molecular formula is C16H27Cl3N2O2. The lowest BCUT2D eigenvalue weighted by atomic mass is 9.92. The predicted octanol–water partition coefficient (Wildman–Crippen LogP) is 2.98. The quantitative estimate of drug-likeness (QED) is 0.790. The molecule has 1 unspecified atom stereocenters. The van der Waals surface area contributed by atoms with E-state index in [9.17, 15) is 5.11 Å². The van der Waals surface area contributed by atoms with Crippen LogP contribution in [0.1, 0.15) is 18.4 Å². The fourth-order valence-electron chi connectivity index (χ4n) is 2.92. The number of piperidine rings is 1. The van der Waals surface area contributed by atoms with Crippen LogP contribution in [0.3, 0.4) is 0 Å². The van der Waals surface area contributed by atoms with Gasteiger partial charge < -0.3 is 15.2 Å². The number of hydrogen-bond donors (Lipinski definition) is 2. The van der Waals surface area contributed by atoms with Gasteiger partial charge in [-0.05, 0) is 57.1 Å². The zero-order valence-corrected chi connectivity index (χ0v) is 16.0. The zero-order valence-electron chi connectivity index (χ0n) is 13.6. The maximum absolute atomic E-state index is 10.4. The summed E-state index contributed by atoms with van der Waals surface area (Å²) < 4.78 is 5.37.